The van der Waals surface area contributed by atoms with Crippen LogP contribution in [0.1, 0.15) is 18.7 Å². The Labute approximate surface area is 93.8 Å². The minimum Gasteiger partial charge on any atom is -0.341 e. The van der Waals surface area contributed by atoms with Gasteiger partial charge in [0.25, 0.3) is 0 Å². The van der Waals surface area contributed by atoms with E-state index in [1.807, 2.05) is 36.5 Å². The Bertz CT molecular complexity index is 544. The molecule has 1 heterocycles. The van der Waals surface area contributed by atoms with Crippen molar-refractivity contribution in [1.29, 1.82) is 5.26 Å². The van der Waals surface area contributed by atoms with E-state index in [4.69, 9.17) is 5.26 Å². The van der Waals surface area contributed by atoms with Gasteiger partial charge in [0.15, 0.2) is 0 Å². The third-order valence-electron chi connectivity index (χ3n) is 3.08. The molecular weight excluding hydrogens is 198 g/mol. The van der Waals surface area contributed by atoms with E-state index < -0.39 is 0 Å². The topological polar surface area (TPSA) is 52.5 Å². The Morgan fingerprint density at radius 1 is 1.25 bits per heavy atom. The number of hydrogen-bond donors (Lipinski definition) is 1. The van der Waals surface area contributed by atoms with Gasteiger partial charge in [-0.1, -0.05) is 30.3 Å². The van der Waals surface area contributed by atoms with Gasteiger partial charge in [-0.05, 0) is 18.4 Å². The number of imidazole rings is 1. The summed E-state index contributed by atoms with van der Waals surface area (Å²) < 4.78 is 0. The molecular formula is C13H11N3. The van der Waals surface area contributed by atoms with E-state index in [9.17, 15) is 0 Å². The number of benzene rings is 1. The second-order valence-corrected chi connectivity index (χ2v) is 4.21. The van der Waals surface area contributed by atoms with Crippen molar-refractivity contribution in [3.8, 4) is 17.3 Å². The molecule has 2 aromatic rings. The van der Waals surface area contributed by atoms with Crippen molar-refractivity contribution in [2.75, 3.05) is 0 Å². The lowest BCUT2D eigenvalue weighted by Gasteiger charge is -2.00. The van der Waals surface area contributed by atoms with E-state index in [1.165, 1.54) is 0 Å². The number of hydrogen-bond acceptors (Lipinski definition) is 2. The van der Waals surface area contributed by atoms with Crippen molar-refractivity contribution < 1.29 is 0 Å². The molecule has 1 aliphatic rings. The number of aromatic amines is 1. The molecule has 0 unspecified atom stereocenters. The number of H-pyrrole nitrogens is 1. The molecule has 1 aliphatic carbocycles. The maximum absolute atomic E-state index is 9.08. The molecule has 1 aromatic carbocycles. The summed E-state index contributed by atoms with van der Waals surface area (Å²) in [5.41, 5.74) is 1.76. The minimum atomic E-state index is -0.326. The summed E-state index contributed by atoms with van der Waals surface area (Å²) in [5, 5.41) is 9.08. The quantitative estimate of drug-likeness (QED) is 0.826. The van der Waals surface area contributed by atoms with Gasteiger partial charge in [0.05, 0.1) is 18.0 Å². The van der Waals surface area contributed by atoms with Gasteiger partial charge in [-0.3, -0.25) is 0 Å². The number of rotatable bonds is 2. The predicted octanol–water partition coefficient (Wildman–Crippen LogP) is 2.63. The number of nitrogens with one attached hydrogen (secondary N) is 1. The van der Waals surface area contributed by atoms with Gasteiger partial charge in [-0.15, -0.1) is 0 Å². The summed E-state index contributed by atoms with van der Waals surface area (Å²) in [6.07, 6.45) is 3.65. The van der Waals surface area contributed by atoms with Crippen LogP contribution in [0.3, 0.4) is 0 Å². The molecule has 0 amide bonds. The molecule has 0 atom stereocenters. The molecule has 1 aromatic heterocycles. The van der Waals surface area contributed by atoms with Crippen molar-refractivity contribution in [3.63, 3.8) is 0 Å². The maximum atomic E-state index is 9.08. The lowest BCUT2D eigenvalue weighted by atomic mass is 10.1. The fraction of sp³-hybridized carbons (Fsp3) is 0.231. The summed E-state index contributed by atoms with van der Waals surface area (Å²) in [5.74, 6) is 0.814. The van der Waals surface area contributed by atoms with Gasteiger partial charge in [-0.2, -0.15) is 5.26 Å². The molecule has 0 saturated heterocycles. The number of aromatic nitrogens is 2. The summed E-state index contributed by atoms with van der Waals surface area (Å²) in [7, 11) is 0. The Morgan fingerprint density at radius 2 is 2.00 bits per heavy atom. The zero-order valence-corrected chi connectivity index (χ0v) is 8.77. The summed E-state index contributed by atoms with van der Waals surface area (Å²) in [6, 6.07) is 12.4. The molecule has 3 nitrogen and oxygen atoms in total. The Balaban J connectivity index is 1.98. The second kappa shape index (κ2) is 3.21. The fourth-order valence-corrected chi connectivity index (χ4v) is 1.86. The first-order valence-electron chi connectivity index (χ1n) is 5.36. The van der Waals surface area contributed by atoms with Gasteiger partial charge >= 0.3 is 0 Å². The first kappa shape index (κ1) is 9.17. The average molecular weight is 209 g/mol. The van der Waals surface area contributed by atoms with E-state index in [-0.39, 0.29) is 5.41 Å². The minimum absolute atomic E-state index is 0.326. The van der Waals surface area contributed by atoms with E-state index >= 15 is 0 Å². The van der Waals surface area contributed by atoms with Gasteiger partial charge in [0.2, 0.25) is 0 Å². The van der Waals surface area contributed by atoms with Crippen LogP contribution in [0.15, 0.2) is 36.5 Å². The summed E-state index contributed by atoms with van der Waals surface area (Å²) >= 11 is 0. The maximum Gasteiger partial charge on any atom is 0.127 e. The highest BCUT2D eigenvalue weighted by Gasteiger charge is 2.47. The molecule has 1 saturated carbocycles. The van der Waals surface area contributed by atoms with Crippen molar-refractivity contribution in [2.24, 2.45) is 0 Å². The molecule has 3 heteroatoms. The molecule has 78 valence electrons. The average Bonchev–Trinajstić information content (AvgIpc) is 3.00. The van der Waals surface area contributed by atoms with Gasteiger partial charge < -0.3 is 4.98 Å². The number of nitrogens with zero attached hydrogens (tertiary/aromatic N) is 2. The van der Waals surface area contributed by atoms with E-state index in [1.54, 1.807) is 0 Å². The highest BCUT2D eigenvalue weighted by molar-refractivity contribution is 5.58. The Morgan fingerprint density at radius 3 is 2.62 bits per heavy atom. The number of nitriles is 1. The third-order valence-corrected chi connectivity index (χ3v) is 3.08. The molecule has 0 spiro atoms. The highest BCUT2D eigenvalue weighted by atomic mass is 15.0. The zero-order valence-electron chi connectivity index (χ0n) is 8.77. The van der Waals surface area contributed by atoms with Crippen LogP contribution < -0.4 is 0 Å². The predicted molar refractivity (Wildman–Crippen MR) is 60.5 cm³/mol. The Hall–Kier alpha value is -2.08. The monoisotopic (exact) mass is 209 g/mol. The fourth-order valence-electron chi connectivity index (χ4n) is 1.86. The van der Waals surface area contributed by atoms with Crippen LogP contribution in [-0.2, 0) is 5.41 Å². The SMILES string of the molecule is N#CC1(c2ncc(-c3ccccc3)[nH]2)CC1. The van der Waals surface area contributed by atoms with Crippen LogP contribution in [0.25, 0.3) is 11.3 Å². The van der Waals surface area contributed by atoms with Crippen LogP contribution in [0.4, 0.5) is 0 Å². The molecule has 3 rings (SSSR count). The van der Waals surface area contributed by atoms with Crippen molar-refractivity contribution in [3.05, 3.63) is 42.4 Å². The van der Waals surface area contributed by atoms with E-state index in [0.29, 0.717) is 0 Å². The second-order valence-electron chi connectivity index (χ2n) is 4.21. The van der Waals surface area contributed by atoms with Gasteiger partial charge in [0.1, 0.15) is 11.2 Å². The normalized spacial score (nSPS) is 16.7. The van der Waals surface area contributed by atoms with Crippen LogP contribution in [-0.4, -0.2) is 9.97 Å². The summed E-state index contributed by atoms with van der Waals surface area (Å²) in [6.45, 7) is 0. The Kier molecular flexibility index (Phi) is 1.84. The van der Waals surface area contributed by atoms with Crippen LogP contribution in [0.2, 0.25) is 0 Å². The molecule has 0 bridgehead atoms. The first-order chi connectivity index (χ1) is 7.84. The first-order valence-corrected chi connectivity index (χ1v) is 5.36. The molecule has 0 aliphatic heterocycles. The standard InChI is InChI=1S/C13H11N3/c14-9-13(6-7-13)12-15-8-11(16-12)10-4-2-1-3-5-10/h1-5,8H,6-7H2,(H,15,16). The van der Waals surface area contributed by atoms with Gasteiger partial charge in [0, 0.05) is 0 Å². The van der Waals surface area contributed by atoms with E-state index in [2.05, 4.69) is 16.0 Å². The molecule has 1 fully saturated rings. The van der Waals surface area contributed by atoms with Crippen LogP contribution >= 0.6 is 0 Å². The highest BCUT2D eigenvalue weighted by Crippen LogP contribution is 2.46. The van der Waals surface area contributed by atoms with Crippen LogP contribution in [0, 0.1) is 11.3 Å². The lowest BCUT2D eigenvalue weighted by Crippen LogP contribution is -2.04. The lowest BCUT2D eigenvalue weighted by molar-refractivity contribution is 0.822. The van der Waals surface area contributed by atoms with Crippen LogP contribution in [0.5, 0.6) is 0 Å². The largest absolute Gasteiger partial charge is 0.341 e. The summed E-state index contributed by atoms with van der Waals surface area (Å²) in [4.78, 5) is 7.57. The zero-order chi connectivity index (χ0) is 11.0. The van der Waals surface area contributed by atoms with Gasteiger partial charge in [-0.25, -0.2) is 4.98 Å². The molecule has 0 radical (unpaired) electrons. The third kappa shape index (κ3) is 1.31. The molecule has 16 heavy (non-hydrogen) atoms. The van der Waals surface area contributed by atoms with Crippen molar-refractivity contribution in [1.82, 2.24) is 9.97 Å². The molecule has 1 N–H and O–H groups in total. The van der Waals surface area contributed by atoms with Crippen molar-refractivity contribution >= 4 is 0 Å². The van der Waals surface area contributed by atoms with Crippen molar-refractivity contribution in [2.45, 2.75) is 18.3 Å². The van der Waals surface area contributed by atoms with E-state index in [0.717, 1.165) is 29.9 Å². The smallest absolute Gasteiger partial charge is 0.127 e.